The lowest BCUT2D eigenvalue weighted by Crippen LogP contribution is -2.27. The molecule has 0 aromatic heterocycles. The highest BCUT2D eigenvalue weighted by Crippen LogP contribution is 2.27. The van der Waals surface area contributed by atoms with E-state index in [9.17, 15) is 13.2 Å². The number of ether oxygens (including phenoxy) is 1. The van der Waals surface area contributed by atoms with Crippen molar-refractivity contribution < 1.29 is 17.9 Å². The number of nitrogens with one attached hydrogen (secondary N) is 2. The first-order valence-electron chi connectivity index (χ1n) is 6.86. The Morgan fingerprint density at radius 1 is 1.32 bits per heavy atom. The molecule has 0 saturated carbocycles. The van der Waals surface area contributed by atoms with Crippen LogP contribution in [-0.4, -0.2) is 53.5 Å². The predicted molar refractivity (Wildman–Crippen MR) is 85.7 cm³/mol. The predicted octanol–water partition coefficient (Wildman–Crippen LogP) is 0.884. The third-order valence-corrected chi connectivity index (χ3v) is 4.33. The minimum absolute atomic E-state index is 0.100. The minimum atomic E-state index is -3.60. The Labute approximate surface area is 131 Å². The number of carbonyl (C=O) groups is 1. The summed E-state index contributed by atoms with van der Waals surface area (Å²) in [6.45, 7) is 2.53. The Hall–Kier alpha value is -1.64. The molecule has 2 N–H and O–H groups in total. The molecular weight excluding hydrogens is 306 g/mol. The summed E-state index contributed by atoms with van der Waals surface area (Å²) in [5.74, 6) is 0.0436. The zero-order chi connectivity index (χ0) is 16.8. The lowest BCUT2D eigenvalue weighted by atomic mass is 10.3. The van der Waals surface area contributed by atoms with Crippen molar-refractivity contribution in [1.29, 1.82) is 0 Å². The SMILES string of the molecule is COc1cc(S(=O)(=O)NCCCN(C)C)ccc1NC(C)=O. The average Bonchev–Trinajstić information content (AvgIpc) is 2.43. The quantitative estimate of drug-likeness (QED) is 0.692. The highest BCUT2D eigenvalue weighted by molar-refractivity contribution is 7.89. The molecule has 0 unspecified atom stereocenters. The Morgan fingerprint density at radius 2 is 2.00 bits per heavy atom. The Balaban J connectivity index is 2.84. The number of sulfonamides is 1. The highest BCUT2D eigenvalue weighted by atomic mass is 32.2. The van der Waals surface area contributed by atoms with E-state index in [1.165, 1.54) is 32.2 Å². The first kappa shape index (κ1) is 18.4. The van der Waals surface area contributed by atoms with E-state index in [-0.39, 0.29) is 10.8 Å². The highest BCUT2D eigenvalue weighted by Gasteiger charge is 2.16. The molecule has 0 aliphatic heterocycles. The van der Waals surface area contributed by atoms with Gasteiger partial charge in [-0.2, -0.15) is 0 Å². The number of hydrogen-bond donors (Lipinski definition) is 2. The minimum Gasteiger partial charge on any atom is -0.495 e. The van der Waals surface area contributed by atoms with E-state index < -0.39 is 10.0 Å². The number of hydrogen-bond acceptors (Lipinski definition) is 5. The number of methoxy groups -OCH3 is 1. The first-order chi connectivity index (χ1) is 10.3. The third-order valence-electron chi connectivity index (χ3n) is 2.87. The molecule has 0 saturated heterocycles. The Morgan fingerprint density at radius 3 is 2.55 bits per heavy atom. The summed E-state index contributed by atoms with van der Waals surface area (Å²) in [4.78, 5) is 13.2. The van der Waals surface area contributed by atoms with Crippen molar-refractivity contribution in [2.24, 2.45) is 0 Å². The van der Waals surface area contributed by atoms with Crippen molar-refractivity contribution in [3.8, 4) is 5.75 Å². The normalized spacial score (nSPS) is 11.5. The maximum absolute atomic E-state index is 12.2. The van der Waals surface area contributed by atoms with Gasteiger partial charge in [0, 0.05) is 19.5 Å². The lowest BCUT2D eigenvalue weighted by molar-refractivity contribution is -0.114. The number of rotatable bonds is 8. The fourth-order valence-electron chi connectivity index (χ4n) is 1.82. The van der Waals surface area contributed by atoms with Crippen molar-refractivity contribution in [2.75, 3.05) is 39.6 Å². The molecule has 1 amide bonds. The van der Waals surface area contributed by atoms with E-state index in [0.717, 1.165) is 6.54 Å². The van der Waals surface area contributed by atoms with Crippen LogP contribution in [0.25, 0.3) is 0 Å². The zero-order valence-corrected chi connectivity index (χ0v) is 14.2. The molecule has 1 rings (SSSR count). The van der Waals surface area contributed by atoms with E-state index in [4.69, 9.17) is 4.74 Å². The van der Waals surface area contributed by atoms with Crippen LogP contribution < -0.4 is 14.8 Å². The van der Waals surface area contributed by atoms with Crippen LogP contribution in [0.15, 0.2) is 23.1 Å². The van der Waals surface area contributed by atoms with Gasteiger partial charge in [0.1, 0.15) is 5.75 Å². The maximum Gasteiger partial charge on any atom is 0.240 e. The molecule has 8 heteroatoms. The van der Waals surface area contributed by atoms with Crippen molar-refractivity contribution in [3.05, 3.63) is 18.2 Å². The monoisotopic (exact) mass is 329 g/mol. The van der Waals surface area contributed by atoms with Crippen LogP contribution in [0.4, 0.5) is 5.69 Å². The van der Waals surface area contributed by atoms with E-state index in [1.54, 1.807) is 0 Å². The molecule has 0 radical (unpaired) electrons. The summed E-state index contributed by atoms with van der Waals surface area (Å²) < 4.78 is 32.1. The number of amides is 1. The first-order valence-corrected chi connectivity index (χ1v) is 8.34. The average molecular weight is 329 g/mol. The fourth-order valence-corrected chi connectivity index (χ4v) is 2.91. The molecular formula is C14H23N3O4S. The number of anilines is 1. The molecule has 1 aromatic rings. The smallest absolute Gasteiger partial charge is 0.240 e. The van der Waals surface area contributed by atoms with Crippen molar-refractivity contribution in [2.45, 2.75) is 18.2 Å². The molecule has 7 nitrogen and oxygen atoms in total. The van der Waals surface area contributed by atoms with Gasteiger partial charge in [-0.1, -0.05) is 0 Å². The van der Waals surface area contributed by atoms with Crippen LogP contribution in [0, 0.1) is 0 Å². The van der Waals surface area contributed by atoms with Crippen LogP contribution in [0.1, 0.15) is 13.3 Å². The zero-order valence-electron chi connectivity index (χ0n) is 13.3. The second-order valence-electron chi connectivity index (χ2n) is 5.10. The van der Waals surface area contributed by atoms with Crippen molar-refractivity contribution in [1.82, 2.24) is 9.62 Å². The van der Waals surface area contributed by atoms with Gasteiger partial charge in [-0.3, -0.25) is 4.79 Å². The summed E-state index contributed by atoms with van der Waals surface area (Å²) in [6.07, 6.45) is 0.716. The van der Waals surface area contributed by atoms with Gasteiger partial charge < -0.3 is 15.0 Å². The molecule has 1 aromatic carbocycles. The summed E-state index contributed by atoms with van der Waals surface area (Å²) in [6, 6.07) is 4.33. The van der Waals surface area contributed by atoms with Crippen LogP contribution in [0.3, 0.4) is 0 Å². The van der Waals surface area contributed by atoms with Gasteiger partial charge in [-0.25, -0.2) is 13.1 Å². The molecule has 0 aliphatic rings. The van der Waals surface area contributed by atoms with Gasteiger partial charge >= 0.3 is 0 Å². The standard InChI is InChI=1S/C14H23N3O4S/c1-11(18)16-13-7-6-12(10-14(13)21-4)22(19,20)15-8-5-9-17(2)3/h6-7,10,15H,5,8-9H2,1-4H3,(H,16,18). The number of carbonyl (C=O) groups excluding carboxylic acids is 1. The van der Waals surface area contributed by atoms with E-state index in [2.05, 4.69) is 10.0 Å². The third kappa shape index (κ3) is 5.63. The molecule has 0 atom stereocenters. The maximum atomic E-state index is 12.2. The van der Waals surface area contributed by atoms with Crippen molar-refractivity contribution in [3.63, 3.8) is 0 Å². The summed E-state index contributed by atoms with van der Waals surface area (Å²) >= 11 is 0. The number of nitrogens with zero attached hydrogens (tertiary/aromatic N) is 1. The van der Waals surface area contributed by atoms with Crippen LogP contribution >= 0.6 is 0 Å². The molecule has 0 fully saturated rings. The number of benzene rings is 1. The topological polar surface area (TPSA) is 87.7 Å². The van der Waals surface area contributed by atoms with Gasteiger partial charge in [0.05, 0.1) is 17.7 Å². The van der Waals surface area contributed by atoms with Gasteiger partial charge in [-0.15, -0.1) is 0 Å². The molecule has 0 heterocycles. The van der Waals surface area contributed by atoms with Gasteiger partial charge in [0.15, 0.2) is 0 Å². The van der Waals surface area contributed by atoms with Gasteiger partial charge in [0.2, 0.25) is 15.9 Å². The largest absolute Gasteiger partial charge is 0.495 e. The van der Waals surface area contributed by atoms with Gasteiger partial charge in [-0.05, 0) is 39.2 Å². The molecule has 22 heavy (non-hydrogen) atoms. The van der Waals surface area contributed by atoms with Crippen LogP contribution in [0.5, 0.6) is 5.75 Å². The Kier molecular flexibility index (Phi) is 6.79. The molecule has 124 valence electrons. The second kappa shape index (κ2) is 8.11. The van der Waals surface area contributed by atoms with E-state index >= 15 is 0 Å². The molecule has 0 spiro atoms. The molecule has 0 aliphatic carbocycles. The van der Waals surface area contributed by atoms with Crippen molar-refractivity contribution >= 4 is 21.6 Å². The summed E-state index contributed by atoms with van der Waals surface area (Å²) in [5.41, 5.74) is 0.432. The van der Waals surface area contributed by atoms with Gasteiger partial charge in [0.25, 0.3) is 0 Å². The van der Waals surface area contributed by atoms with Crippen LogP contribution in [0.2, 0.25) is 0 Å². The van der Waals surface area contributed by atoms with E-state index in [1.807, 2.05) is 19.0 Å². The summed E-state index contributed by atoms with van der Waals surface area (Å²) in [7, 11) is 1.68. The van der Waals surface area contributed by atoms with Crippen LogP contribution in [-0.2, 0) is 14.8 Å². The Bertz CT molecular complexity index is 615. The van der Waals surface area contributed by atoms with E-state index in [0.29, 0.717) is 24.4 Å². The fraction of sp³-hybridized carbons (Fsp3) is 0.500. The second-order valence-corrected chi connectivity index (χ2v) is 6.86. The molecule has 0 bridgehead atoms. The lowest BCUT2D eigenvalue weighted by Gasteiger charge is -2.13. The summed E-state index contributed by atoms with van der Waals surface area (Å²) in [5, 5.41) is 2.58.